The number of fused-ring (bicyclic) bond motifs is 1. The van der Waals surface area contributed by atoms with Gasteiger partial charge in [-0.05, 0) is 25.1 Å². The first-order valence-electron chi connectivity index (χ1n) is 4.78. The third-order valence-corrected chi connectivity index (χ3v) is 2.50. The highest BCUT2D eigenvalue weighted by Crippen LogP contribution is 2.19. The number of pyridine rings is 1. The number of ether oxygens (including phenoxy) is 1. The third kappa shape index (κ3) is 1.34. The Balaban J connectivity index is 2.85. The van der Waals surface area contributed by atoms with E-state index in [2.05, 4.69) is 10.8 Å². The summed E-state index contributed by atoms with van der Waals surface area (Å²) in [6.45, 7) is 1.88. The highest BCUT2D eigenvalue weighted by atomic mass is 16.5. The maximum absolute atomic E-state index is 11.5. The summed E-state index contributed by atoms with van der Waals surface area (Å²) in [4.78, 5) is 11.5. The van der Waals surface area contributed by atoms with Gasteiger partial charge in [-0.2, -0.15) is 5.26 Å². The predicted molar refractivity (Wildman–Crippen MR) is 58.2 cm³/mol. The van der Waals surface area contributed by atoms with E-state index in [1.165, 1.54) is 7.11 Å². The van der Waals surface area contributed by atoms with E-state index in [0.717, 1.165) is 5.69 Å². The van der Waals surface area contributed by atoms with E-state index >= 15 is 0 Å². The summed E-state index contributed by atoms with van der Waals surface area (Å²) in [5.41, 5.74) is 2.46. The molecule has 0 atom stereocenters. The van der Waals surface area contributed by atoms with Crippen LogP contribution in [0.3, 0.4) is 0 Å². The van der Waals surface area contributed by atoms with E-state index in [1.54, 1.807) is 16.5 Å². The van der Waals surface area contributed by atoms with Crippen molar-refractivity contribution in [3.63, 3.8) is 0 Å². The quantitative estimate of drug-likeness (QED) is 0.681. The van der Waals surface area contributed by atoms with Crippen LogP contribution in [0.2, 0.25) is 0 Å². The van der Waals surface area contributed by atoms with Crippen LogP contribution in [0.15, 0.2) is 24.3 Å². The Morgan fingerprint density at radius 1 is 1.50 bits per heavy atom. The lowest BCUT2D eigenvalue weighted by atomic mass is 10.2. The highest BCUT2D eigenvalue weighted by molar-refractivity contribution is 5.98. The van der Waals surface area contributed by atoms with E-state index in [4.69, 9.17) is 5.26 Å². The number of aryl methyl sites for hydroxylation is 1. The van der Waals surface area contributed by atoms with Crippen LogP contribution in [0.4, 0.5) is 0 Å². The van der Waals surface area contributed by atoms with E-state index < -0.39 is 5.97 Å². The largest absolute Gasteiger partial charge is 0.465 e. The molecule has 0 aromatic carbocycles. The monoisotopic (exact) mass is 214 g/mol. The van der Waals surface area contributed by atoms with Crippen LogP contribution < -0.4 is 0 Å². The summed E-state index contributed by atoms with van der Waals surface area (Å²) < 4.78 is 6.42. The van der Waals surface area contributed by atoms with Gasteiger partial charge < -0.3 is 9.14 Å². The topological polar surface area (TPSA) is 54.5 Å². The Labute approximate surface area is 92.7 Å². The molecular formula is C12H10N2O2. The molecule has 0 fully saturated rings. The van der Waals surface area contributed by atoms with Gasteiger partial charge in [0.25, 0.3) is 0 Å². The van der Waals surface area contributed by atoms with Crippen molar-refractivity contribution >= 4 is 11.5 Å². The van der Waals surface area contributed by atoms with Gasteiger partial charge in [0.05, 0.1) is 18.2 Å². The molecule has 80 valence electrons. The minimum atomic E-state index is -0.426. The lowest BCUT2D eigenvalue weighted by Crippen LogP contribution is -2.00. The van der Waals surface area contributed by atoms with Gasteiger partial charge in [0.2, 0.25) is 0 Å². The van der Waals surface area contributed by atoms with E-state index in [1.807, 2.05) is 19.1 Å². The molecule has 4 heteroatoms. The Morgan fingerprint density at radius 2 is 2.25 bits per heavy atom. The van der Waals surface area contributed by atoms with Crippen LogP contribution in [0.5, 0.6) is 0 Å². The molecule has 0 spiro atoms. The second kappa shape index (κ2) is 3.70. The molecule has 2 heterocycles. The summed E-state index contributed by atoms with van der Waals surface area (Å²) in [5.74, 6) is -0.426. The first-order chi connectivity index (χ1) is 7.69. The molecule has 4 nitrogen and oxygen atoms in total. The molecule has 0 aliphatic heterocycles. The van der Waals surface area contributed by atoms with Crippen molar-refractivity contribution in [2.75, 3.05) is 7.11 Å². The van der Waals surface area contributed by atoms with E-state index in [9.17, 15) is 4.79 Å². The summed E-state index contributed by atoms with van der Waals surface area (Å²) in [6.07, 6.45) is 0. The first kappa shape index (κ1) is 10.2. The minimum Gasteiger partial charge on any atom is -0.465 e. The van der Waals surface area contributed by atoms with Crippen molar-refractivity contribution in [3.05, 3.63) is 41.2 Å². The Morgan fingerprint density at radius 3 is 2.88 bits per heavy atom. The average molecular weight is 214 g/mol. The van der Waals surface area contributed by atoms with E-state index in [0.29, 0.717) is 16.8 Å². The standard InChI is InChI=1S/C12H10N2O2/c1-8-4-3-5-11-10(12(15)16-2)6-9(7-13)14(8)11/h3-6H,1-2H3. The van der Waals surface area contributed by atoms with Gasteiger partial charge in [-0.1, -0.05) is 6.07 Å². The maximum Gasteiger partial charge on any atom is 0.340 e. The molecule has 2 aromatic rings. The van der Waals surface area contributed by atoms with Crippen LogP contribution in [-0.4, -0.2) is 17.5 Å². The van der Waals surface area contributed by atoms with Gasteiger partial charge in [0, 0.05) is 5.69 Å². The van der Waals surface area contributed by atoms with Crippen LogP contribution >= 0.6 is 0 Å². The number of nitriles is 1. The molecule has 0 aliphatic carbocycles. The third-order valence-electron chi connectivity index (χ3n) is 2.50. The number of rotatable bonds is 1. The van der Waals surface area contributed by atoms with Gasteiger partial charge in [0.1, 0.15) is 11.8 Å². The zero-order chi connectivity index (χ0) is 11.7. The van der Waals surface area contributed by atoms with Gasteiger partial charge in [0.15, 0.2) is 0 Å². The highest BCUT2D eigenvalue weighted by Gasteiger charge is 2.16. The van der Waals surface area contributed by atoms with E-state index in [-0.39, 0.29) is 0 Å². The second-order valence-electron chi connectivity index (χ2n) is 3.43. The molecule has 0 aliphatic rings. The number of nitrogens with zero attached hydrogens (tertiary/aromatic N) is 2. The smallest absolute Gasteiger partial charge is 0.340 e. The molecule has 2 aromatic heterocycles. The molecule has 0 N–H and O–H groups in total. The fourth-order valence-electron chi connectivity index (χ4n) is 1.78. The zero-order valence-corrected chi connectivity index (χ0v) is 9.02. The lowest BCUT2D eigenvalue weighted by molar-refractivity contribution is 0.0603. The first-order valence-corrected chi connectivity index (χ1v) is 4.78. The molecule has 0 saturated heterocycles. The number of aromatic nitrogens is 1. The van der Waals surface area contributed by atoms with Crippen molar-refractivity contribution in [2.45, 2.75) is 6.92 Å². The van der Waals surface area contributed by atoms with Crippen LogP contribution in [-0.2, 0) is 4.74 Å². The Kier molecular flexibility index (Phi) is 2.37. The summed E-state index contributed by atoms with van der Waals surface area (Å²) >= 11 is 0. The summed E-state index contributed by atoms with van der Waals surface area (Å²) in [7, 11) is 1.33. The second-order valence-corrected chi connectivity index (χ2v) is 3.43. The van der Waals surface area contributed by atoms with Crippen molar-refractivity contribution in [1.82, 2.24) is 4.40 Å². The fraction of sp³-hybridized carbons (Fsp3) is 0.167. The van der Waals surface area contributed by atoms with Crippen molar-refractivity contribution < 1.29 is 9.53 Å². The maximum atomic E-state index is 11.5. The molecule has 0 amide bonds. The summed E-state index contributed by atoms with van der Waals surface area (Å²) in [6, 6.07) is 9.14. The predicted octanol–water partition coefficient (Wildman–Crippen LogP) is 1.91. The Bertz CT molecular complexity index is 605. The van der Waals surface area contributed by atoms with Crippen LogP contribution in [0.1, 0.15) is 21.7 Å². The number of methoxy groups -OCH3 is 1. The molecular weight excluding hydrogens is 204 g/mol. The molecule has 0 bridgehead atoms. The van der Waals surface area contributed by atoms with Crippen LogP contribution in [0.25, 0.3) is 5.52 Å². The minimum absolute atomic E-state index is 0.419. The van der Waals surface area contributed by atoms with Gasteiger partial charge in [-0.15, -0.1) is 0 Å². The molecule has 0 unspecified atom stereocenters. The number of carbonyl (C=O) groups excluding carboxylic acids is 1. The van der Waals surface area contributed by atoms with Crippen LogP contribution in [0, 0.1) is 18.3 Å². The van der Waals surface area contributed by atoms with Gasteiger partial charge in [-0.3, -0.25) is 0 Å². The molecule has 0 saturated carbocycles. The van der Waals surface area contributed by atoms with Crippen molar-refractivity contribution in [3.8, 4) is 6.07 Å². The number of esters is 1. The van der Waals surface area contributed by atoms with Crippen molar-refractivity contribution in [2.24, 2.45) is 0 Å². The number of hydrogen-bond acceptors (Lipinski definition) is 3. The average Bonchev–Trinajstić information content (AvgIpc) is 2.68. The van der Waals surface area contributed by atoms with Gasteiger partial charge in [-0.25, -0.2) is 4.79 Å². The summed E-state index contributed by atoms with van der Waals surface area (Å²) in [5, 5.41) is 9.00. The molecule has 0 radical (unpaired) electrons. The van der Waals surface area contributed by atoms with Gasteiger partial charge >= 0.3 is 5.97 Å². The normalized spacial score (nSPS) is 10.1. The number of hydrogen-bond donors (Lipinski definition) is 0. The zero-order valence-electron chi connectivity index (χ0n) is 9.02. The molecule has 16 heavy (non-hydrogen) atoms. The fourth-order valence-corrected chi connectivity index (χ4v) is 1.78. The number of carbonyl (C=O) groups is 1. The Hall–Kier alpha value is -2.28. The lowest BCUT2D eigenvalue weighted by Gasteiger charge is -2.02. The van der Waals surface area contributed by atoms with Crippen molar-refractivity contribution in [1.29, 1.82) is 5.26 Å². The SMILES string of the molecule is COC(=O)c1cc(C#N)n2c(C)cccc12. The molecule has 2 rings (SSSR count).